The summed E-state index contributed by atoms with van der Waals surface area (Å²) >= 11 is 3.40. The van der Waals surface area contributed by atoms with Crippen molar-refractivity contribution in [3.63, 3.8) is 0 Å². The average Bonchev–Trinajstić information content (AvgIpc) is 2.46. The van der Waals surface area contributed by atoms with Crippen molar-refractivity contribution < 1.29 is 9.15 Å². The van der Waals surface area contributed by atoms with Gasteiger partial charge in [0.15, 0.2) is 0 Å². The lowest BCUT2D eigenvalue weighted by Gasteiger charge is -2.04. The number of benzene rings is 2. The molecule has 0 spiro atoms. The molecule has 3 rings (SSSR count). The number of halogens is 1. The van der Waals surface area contributed by atoms with Crippen molar-refractivity contribution >= 4 is 26.9 Å². The molecule has 1 aromatic heterocycles. The Bertz CT molecular complexity index is 836. The van der Waals surface area contributed by atoms with Gasteiger partial charge in [-0.1, -0.05) is 28.1 Å². The summed E-state index contributed by atoms with van der Waals surface area (Å²) in [4.78, 5) is 12.1. The van der Waals surface area contributed by atoms with Crippen LogP contribution in [0.1, 0.15) is 0 Å². The highest BCUT2D eigenvalue weighted by atomic mass is 79.9. The second-order valence-corrected chi connectivity index (χ2v) is 5.28. The Labute approximate surface area is 123 Å². The highest BCUT2D eigenvalue weighted by molar-refractivity contribution is 9.10. The third-order valence-corrected chi connectivity index (χ3v) is 3.57. The van der Waals surface area contributed by atoms with Gasteiger partial charge in [0.1, 0.15) is 11.3 Å². The van der Waals surface area contributed by atoms with Gasteiger partial charge in [0.25, 0.3) is 0 Å². The minimum Gasteiger partial charge on any atom is -0.497 e. The molecule has 0 saturated carbocycles. The van der Waals surface area contributed by atoms with Crippen LogP contribution in [0.15, 0.2) is 62.2 Å². The van der Waals surface area contributed by atoms with Gasteiger partial charge >= 0.3 is 5.63 Å². The van der Waals surface area contributed by atoms with Crippen molar-refractivity contribution in [3.05, 3.63) is 63.4 Å². The van der Waals surface area contributed by atoms with Crippen LogP contribution in [0.3, 0.4) is 0 Å². The number of methoxy groups -OCH3 is 1. The zero-order valence-corrected chi connectivity index (χ0v) is 12.3. The molecule has 100 valence electrons. The van der Waals surface area contributed by atoms with Crippen LogP contribution in [-0.2, 0) is 0 Å². The van der Waals surface area contributed by atoms with Crippen molar-refractivity contribution in [2.45, 2.75) is 0 Å². The summed E-state index contributed by atoms with van der Waals surface area (Å²) in [5.41, 5.74) is 1.53. The van der Waals surface area contributed by atoms with Gasteiger partial charge in [0, 0.05) is 15.9 Å². The summed E-state index contributed by atoms with van der Waals surface area (Å²) in [5.74, 6) is 0.663. The maximum Gasteiger partial charge on any atom is 0.344 e. The first-order chi connectivity index (χ1) is 9.67. The number of hydrogen-bond donors (Lipinski definition) is 0. The van der Waals surface area contributed by atoms with Crippen LogP contribution in [-0.4, -0.2) is 7.11 Å². The molecular weight excluding hydrogens is 320 g/mol. The molecule has 0 fully saturated rings. The van der Waals surface area contributed by atoms with Crippen molar-refractivity contribution in [3.8, 4) is 16.9 Å². The van der Waals surface area contributed by atoms with Gasteiger partial charge in [0.05, 0.1) is 12.7 Å². The lowest BCUT2D eigenvalue weighted by molar-refractivity contribution is 0.414. The standard InChI is InChI=1S/C16H11BrO3/c1-19-13-6-5-11-8-14(16(18)20-15(11)9-13)10-3-2-4-12(17)7-10/h2-9H,1H3. The van der Waals surface area contributed by atoms with Gasteiger partial charge in [-0.05, 0) is 35.9 Å². The quantitative estimate of drug-likeness (QED) is 0.660. The SMILES string of the molecule is COc1ccc2cc(-c3cccc(Br)c3)c(=O)oc2c1. The molecule has 0 bridgehead atoms. The first-order valence-electron chi connectivity index (χ1n) is 6.05. The Hall–Kier alpha value is -2.07. The van der Waals surface area contributed by atoms with E-state index in [1.54, 1.807) is 13.2 Å². The first kappa shape index (κ1) is 12.9. The minimum absolute atomic E-state index is 0.358. The van der Waals surface area contributed by atoms with Crippen LogP contribution >= 0.6 is 15.9 Å². The first-order valence-corrected chi connectivity index (χ1v) is 6.84. The fraction of sp³-hybridized carbons (Fsp3) is 0.0625. The molecule has 0 amide bonds. The summed E-state index contributed by atoms with van der Waals surface area (Å²) in [5, 5.41) is 0.861. The molecule has 0 saturated heterocycles. The maximum absolute atomic E-state index is 12.1. The summed E-state index contributed by atoms with van der Waals surface area (Å²) in [7, 11) is 1.58. The summed E-state index contributed by atoms with van der Waals surface area (Å²) in [6, 6.07) is 14.8. The van der Waals surface area contributed by atoms with Crippen molar-refractivity contribution in [1.29, 1.82) is 0 Å². The Morgan fingerprint density at radius 2 is 1.95 bits per heavy atom. The van der Waals surface area contributed by atoms with E-state index in [9.17, 15) is 4.79 Å². The lowest BCUT2D eigenvalue weighted by Crippen LogP contribution is -2.02. The second-order valence-electron chi connectivity index (χ2n) is 4.36. The third-order valence-electron chi connectivity index (χ3n) is 3.08. The topological polar surface area (TPSA) is 39.4 Å². The largest absolute Gasteiger partial charge is 0.497 e. The fourth-order valence-corrected chi connectivity index (χ4v) is 2.48. The Morgan fingerprint density at radius 1 is 1.10 bits per heavy atom. The number of hydrogen-bond acceptors (Lipinski definition) is 3. The van der Waals surface area contributed by atoms with Gasteiger partial charge < -0.3 is 9.15 Å². The van der Waals surface area contributed by atoms with Crippen LogP contribution in [0.2, 0.25) is 0 Å². The number of rotatable bonds is 2. The van der Waals surface area contributed by atoms with Gasteiger partial charge in [-0.15, -0.1) is 0 Å². The average molecular weight is 331 g/mol. The lowest BCUT2D eigenvalue weighted by atomic mass is 10.1. The van der Waals surface area contributed by atoms with Gasteiger partial charge in [-0.3, -0.25) is 0 Å². The smallest absolute Gasteiger partial charge is 0.344 e. The van der Waals surface area contributed by atoms with E-state index < -0.39 is 0 Å². The van der Waals surface area contributed by atoms with Crippen molar-refractivity contribution in [2.75, 3.05) is 7.11 Å². The molecule has 0 aliphatic carbocycles. The summed E-state index contributed by atoms with van der Waals surface area (Å²) in [6.07, 6.45) is 0. The molecule has 4 heteroatoms. The Morgan fingerprint density at radius 3 is 2.70 bits per heavy atom. The van der Waals surface area contributed by atoms with Gasteiger partial charge in [-0.2, -0.15) is 0 Å². The molecule has 0 aliphatic rings. The predicted octanol–water partition coefficient (Wildman–Crippen LogP) is 4.23. The van der Waals surface area contributed by atoms with E-state index in [0.717, 1.165) is 15.4 Å². The van der Waals surface area contributed by atoms with Crippen LogP contribution in [0.4, 0.5) is 0 Å². The van der Waals surface area contributed by atoms with Crippen molar-refractivity contribution in [2.24, 2.45) is 0 Å². The fourth-order valence-electron chi connectivity index (χ4n) is 2.08. The second kappa shape index (κ2) is 5.13. The highest BCUT2D eigenvalue weighted by Gasteiger charge is 2.08. The number of fused-ring (bicyclic) bond motifs is 1. The van der Waals surface area contributed by atoms with E-state index in [4.69, 9.17) is 9.15 Å². The van der Waals surface area contributed by atoms with Crippen LogP contribution in [0.25, 0.3) is 22.1 Å². The Balaban J connectivity index is 2.23. The van der Waals surface area contributed by atoms with Crippen LogP contribution in [0.5, 0.6) is 5.75 Å². The molecule has 0 aliphatic heterocycles. The van der Waals surface area contributed by atoms with E-state index >= 15 is 0 Å². The molecule has 0 unspecified atom stereocenters. The highest BCUT2D eigenvalue weighted by Crippen LogP contribution is 2.25. The van der Waals surface area contributed by atoms with E-state index in [0.29, 0.717) is 16.9 Å². The van der Waals surface area contributed by atoms with Crippen LogP contribution < -0.4 is 10.4 Å². The number of ether oxygens (including phenoxy) is 1. The van der Waals surface area contributed by atoms with Crippen molar-refractivity contribution in [1.82, 2.24) is 0 Å². The molecule has 20 heavy (non-hydrogen) atoms. The molecular formula is C16H11BrO3. The predicted molar refractivity (Wildman–Crippen MR) is 82.2 cm³/mol. The molecule has 0 radical (unpaired) electrons. The molecule has 2 aromatic carbocycles. The molecule has 3 aromatic rings. The molecule has 3 nitrogen and oxygen atoms in total. The summed E-state index contributed by atoms with van der Waals surface area (Å²) < 4.78 is 11.4. The monoisotopic (exact) mass is 330 g/mol. The zero-order chi connectivity index (χ0) is 14.1. The third kappa shape index (κ3) is 2.34. The summed E-state index contributed by atoms with van der Waals surface area (Å²) in [6.45, 7) is 0. The van der Waals surface area contributed by atoms with E-state index in [1.807, 2.05) is 42.5 Å². The van der Waals surface area contributed by atoms with Gasteiger partial charge in [-0.25, -0.2) is 4.79 Å². The maximum atomic E-state index is 12.1. The van der Waals surface area contributed by atoms with E-state index in [1.165, 1.54) is 0 Å². The molecule has 1 heterocycles. The van der Waals surface area contributed by atoms with E-state index in [-0.39, 0.29) is 5.63 Å². The van der Waals surface area contributed by atoms with Gasteiger partial charge in [0.2, 0.25) is 0 Å². The minimum atomic E-state index is -0.358. The van der Waals surface area contributed by atoms with Crippen LogP contribution in [0, 0.1) is 0 Å². The normalized spacial score (nSPS) is 10.7. The Kier molecular flexibility index (Phi) is 3.32. The molecule has 0 atom stereocenters. The van der Waals surface area contributed by atoms with E-state index in [2.05, 4.69) is 15.9 Å². The zero-order valence-electron chi connectivity index (χ0n) is 10.7. The molecule has 0 N–H and O–H groups in total.